The van der Waals surface area contributed by atoms with E-state index >= 15 is 0 Å². The number of benzene rings is 2. The molecule has 1 aliphatic heterocycles. The van der Waals surface area contributed by atoms with Gasteiger partial charge in [-0.1, -0.05) is 36.4 Å². The van der Waals surface area contributed by atoms with Gasteiger partial charge in [0.2, 0.25) is 0 Å². The van der Waals surface area contributed by atoms with Crippen molar-refractivity contribution in [2.24, 2.45) is 0 Å². The summed E-state index contributed by atoms with van der Waals surface area (Å²) in [5.41, 5.74) is 2.40. The molecule has 0 spiro atoms. The zero-order valence-electron chi connectivity index (χ0n) is 12.9. The highest BCUT2D eigenvalue weighted by Gasteiger charge is 2.38. The van der Waals surface area contributed by atoms with Crippen LogP contribution in [0.3, 0.4) is 0 Å². The van der Waals surface area contributed by atoms with Crippen LogP contribution in [0, 0.1) is 0 Å². The third-order valence-corrected chi connectivity index (χ3v) is 4.76. The maximum Gasteiger partial charge on any atom is 0.303 e. The Balaban J connectivity index is 1.84. The Kier molecular flexibility index (Phi) is 4.59. The summed E-state index contributed by atoms with van der Waals surface area (Å²) in [6, 6.07) is 15.5. The Hall–Kier alpha value is -1.98. The normalized spacial score (nSPS) is 15.0. The Morgan fingerprint density at radius 3 is 2.48 bits per heavy atom. The highest BCUT2D eigenvalue weighted by atomic mass is 79.9. The number of nitrogens with zero attached hydrogens (tertiary/aromatic N) is 1. The number of carbonyl (C=O) groups is 2. The Morgan fingerprint density at radius 2 is 1.78 bits per heavy atom. The molecule has 0 aromatic heterocycles. The third kappa shape index (κ3) is 3.07. The minimum absolute atomic E-state index is 0.420. The van der Waals surface area contributed by atoms with E-state index in [1.807, 2.05) is 24.3 Å². The van der Waals surface area contributed by atoms with Crippen molar-refractivity contribution < 1.29 is 14.5 Å². The van der Waals surface area contributed by atoms with Crippen molar-refractivity contribution in [2.75, 3.05) is 18.1 Å². The molecule has 4 nitrogen and oxygen atoms in total. The molecule has 0 fully saturated rings. The summed E-state index contributed by atoms with van der Waals surface area (Å²) >= 11 is 3.47. The van der Waals surface area contributed by atoms with Gasteiger partial charge < -0.3 is 4.90 Å². The van der Waals surface area contributed by atoms with Gasteiger partial charge in [0.15, 0.2) is 6.67 Å². The number of nitrogens with one attached hydrogen (secondary N) is 1. The van der Waals surface area contributed by atoms with Gasteiger partial charge in [-0.15, -0.1) is 0 Å². The average Bonchev–Trinajstić information content (AvgIpc) is 2.81. The van der Waals surface area contributed by atoms with Crippen molar-refractivity contribution in [3.8, 4) is 0 Å². The fourth-order valence-electron chi connectivity index (χ4n) is 2.86. The minimum Gasteiger partial charge on any atom is -0.314 e. The van der Waals surface area contributed by atoms with Crippen LogP contribution in [0.2, 0.25) is 0 Å². The smallest absolute Gasteiger partial charge is 0.303 e. The third-order valence-electron chi connectivity index (χ3n) is 4.12. The van der Waals surface area contributed by atoms with Crippen LogP contribution in [0.15, 0.2) is 53.0 Å². The fourth-order valence-corrected chi connectivity index (χ4v) is 3.44. The predicted octanol–water partition coefficient (Wildman–Crippen LogP) is 2.04. The van der Waals surface area contributed by atoms with Gasteiger partial charge in [-0.05, 0) is 35.0 Å². The molecule has 1 amide bonds. The molecule has 5 heteroatoms. The Labute approximate surface area is 143 Å². The number of anilines is 1. The molecule has 118 valence electrons. The van der Waals surface area contributed by atoms with E-state index in [2.05, 4.69) is 35.0 Å². The lowest BCUT2D eigenvalue weighted by atomic mass is 10.1. The van der Waals surface area contributed by atoms with Crippen molar-refractivity contribution in [1.29, 1.82) is 0 Å². The van der Waals surface area contributed by atoms with E-state index in [-0.39, 0.29) is 0 Å². The van der Waals surface area contributed by atoms with E-state index in [1.54, 1.807) is 17.0 Å². The molecule has 1 heterocycles. The first-order chi connectivity index (χ1) is 11.1. The first kappa shape index (κ1) is 15.9. The molecule has 1 unspecified atom stereocenters. The predicted molar refractivity (Wildman–Crippen MR) is 92.5 cm³/mol. The minimum atomic E-state index is -0.439. The summed E-state index contributed by atoms with van der Waals surface area (Å²) in [5, 5.41) is 0. The van der Waals surface area contributed by atoms with Crippen LogP contribution in [0.1, 0.15) is 22.8 Å². The van der Waals surface area contributed by atoms with Crippen molar-refractivity contribution >= 4 is 33.3 Å². The van der Waals surface area contributed by atoms with Crippen molar-refractivity contribution in [2.45, 2.75) is 13.5 Å². The molecule has 0 saturated heterocycles. The molecular formula is C18H18BrN2O2+. The molecule has 1 atom stereocenters. The van der Waals surface area contributed by atoms with Crippen LogP contribution in [-0.4, -0.2) is 24.9 Å². The number of amides is 1. The van der Waals surface area contributed by atoms with Crippen LogP contribution in [0.25, 0.3) is 0 Å². The standard InChI is InChI=1S/C18H17BrN2O2/c1-2-20(11-13-7-4-3-5-8-13)12-21-16-14(17(22)18(21)23)9-6-10-15(16)19/h3-10H,2,11-12H2,1H3/p+1. The highest BCUT2D eigenvalue weighted by molar-refractivity contribution is 9.10. The maximum atomic E-state index is 12.4. The SMILES string of the molecule is CC[NH+](Cc1ccccc1)CN1C(=O)C(=O)c2cccc(Br)c21. The van der Waals surface area contributed by atoms with E-state index < -0.39 is 11.7 Å². The zero-order chi connectivity index (χ0) is 16.4. The summed E-state index contributed by atoms with van der Waals surface area (Å²) < 4.78 is 0.782. The number of rotatable bonds is 5. The van der Waals surface area contributed by atoms with Gasteiger partial charge >= 0.3 is 5.91 Å². The molecule has 23 heavy (non-hydrogen) atoms. The quantitative estimate of drug-likeness (QED) is 0.814. The van der Waals surface area contributed by atoms with Gasteiger partial charge in [-0.3, -0.25) is 14.5 Å². The summed E-state index contributed by atoms with van der Waals surface area (Å²) in [6.45, 7) is 4.24. The molecule has 3 rings (SSSR count). The van der Waals surface area contributed by atoms with Gasteiger partial charge in [-0.25, -0.2) is 0 Å². The molecule has 0 aliphatic carbocycles. The van der Waals surface area contributed by atoms with Crippen LogP contribution in [0.5, 0.6) is 0 Å². The van der Waals surface area contributed by atoms with Crippen molar-refractivity contribution in [3.05, 3.63) is 64.1 Å². The van der Waals surface area contributed by atoms with E-state index in [1.165, 1.54) is 10.5 Å². The lowest BCUT2D eigenvalue weighted by Gasteiger charge is -2.24. The molecule has 2 aromatic carbocycles. The summed E-state index contributed by atoms with van der Waals surface area (Å²) in [6.07, 6.45) is 0. The van der Waals surface area contributed by atoms with Crippen LogP contribution in [-0.2, 0) is 11.3 Å². The second-order valence-electron chi connectivity index (χ2n) is 5.62. The van der Waals surface area contributed by atoms with Gasteiger partial charge in [0, 0.05) is 10.0 Å². The molecule has 0 saturated carbocycles. The van der Waals surface area contributed by atoms with E-state index in [9.17, 15) is 9.59 Å². The van der Waals surface area contributed by atoms with Crippen LogP contribution >= 0.6 is 15.9 Å². The first-order valence-electron chi connectivity index (χ1n) is 7.64. The topological polar surface area (TPSA) is 41.8 Å². The summed E-state index contributed by atoms with van der Waals surface area (Å²) in [7, 11) is 0. The van der Waals surface area contributed by atoms with Crippen LogP contribution in [0.4, 0.5) is 5.69 Å². The fraction of sp³-hybridized carbons (Fsp3) is 0.222. The molecule has 2 aromatic rings. The highest BCUT2D eigenvalue weighted by Crippen LogP contribution is 2.35. The molecule has 1 N–H and O–H groups in total. The number of ketones is 1. The van der Waals surface area contributed by atoms with E-state index in [4.69, 9.17) is 0 Å². The number of quaternary nitrogens is 1. The Morgan fingerprint density at radius 1 is 1.04 bits per heavy atom. The molecule has 0 radical (unpaired) electrons. The number of fused-ring (bicyclic) bond motifs is 1. The van der Waals surface area contributed by atoms with Crippen LogP contribution < -0.4 is 9.80 Å². The van der Waals surface area contributed by atoms with Crippen molar-refractivity contribution in [1.82, 2.24) is 0 Å². The largest absolute Gasteiger partial charge is 0.314 e. The molecule has 1 aliphatic rings. The number of carbonyl (C=O) groups excluding carboxylic acids is 2. The number of Topliss-reactive ketones (excluding diaryl/α,β-unsaturated/α-hetero) is 1. The summed E-state index contributed by atoms with van der Waals surface area (Å²) in [4.78, 5) is 27.4. The van der Waals surface area contributed by atoms with Gasteiger partial charge in [0.1, 0.15) is 6.54 Å². The number of hydrogen-bond donors (Lipinski definition) is 1. The maximum absolute atomic E-state index is 12.4. The number of hydrogen-bond acceptors (Lipinski definition) is 2. The van der Waals surface area contributed by atoms with Gasteiger partial charge in [0.25, 0.3) is 5.78 Å². The van der Waals surface area contributed by atoms with Gasteiger partial charge in [0.05, 0.1) is 17.8 Å². The summed E-state index contributed by atoms with van der Waals surface area (Å²) in [5.74, 6) is -0.859. The van der Waals surface area contributed by atoms with Gasteiger partial charge in [-0.2, -0.15) is 0 Å². The number of para-hydroxylation sites is 1. The Bertz CT molecular complexity index is 746. The second-order valence-corrected chi connectivity index (χ2v) is 6.48. The lowest BCUT2D eigenvalue weighted by molar-refractivity contribution is -0.910. The zero-order valence-corrected chi connectivity index (χ0v) is 14.5. The van der Waals surface area contributed by atoms with Crippen molar-refractivity contribution in [3.63, 3.8) is 0 Å². The molecular weight excluding hydrogens is 356 g/mol. The van der Waals surface area contributed by atoms with E-state index in [0.717, 1.165) is 17.6 Å². The lowest BCUT2D eigenvalue weighted by Crippen LogP contribution is -3.12. The van der Waals surface area contributed by atoms with E-state index in [0.29, 0.717) is 17.9 Å². The molecule has 0 bridgehead atoms. The monoisotopic (exact) mass is 373 g/mol. The average molecular weight is 374 g/mol. The number of halogens is 1. The second kappa shape index (κ2) is 6.64. The first-order valence-corrected chi connectivity index (χ1v) is 8.43.